The summed E-state index contributed by atoms with van der Waals surface area (Å²) >= 11 is 0. The van der Waals surface area contributed by atoms with Gasteiger partial charge < -0.3 is 28.9 Å². The number of carboxylic acid groups (broad SMARTS) is 1. The highest BCUT2D eigenvalue weighted by atomic mass is 31.2. The number of amides is 1. The normalized spacial score (nSPS) is 13.4. The molecule has 1 unspecified atom stereocenters. The van der Waals surface area contributed by atoms with E-state index in [2.05, 4.69) is 11.9 Å². The quantitative estimate of drug-likeness (QED) is 0.198. The Bertz CT molecular complexity index is 1210. The topological polar surface area (TPSA) is 120 Å². The van der Waals surface area contributed by atoms with Gasteiger partial charge in [-0.1, -0.05) is 55.1 Å². The van der Waals surface area contributed by atoms with Gasteiger partial charge in [-0.3, -0.25) is 9.36 Å². The maximum atomic E-state index is 13.0. The Labute approximate surface area is 243 Å². The average molecular weight is 588 g/mol. The van der Waals surface area contributed by atoms with Gasteiger partial charge >= 0.3 is 19.7 Å². The molecular weight excluding hydrogens is 545 g/mol. The van der Waals surface area contributed by atoms with Crippen molar-refractivity contribution in [2.45, 2.75) is 59.1 Å². The van der Waals surface area contributed by atoms with E-state index in [0.717, 1.165) is 11.1 Å². The lowest BCUT2D eigenvalue weighted by Gasteiger charge is -2.29. The number of rotatable bonds is 16. The van der Waals surface area contributed by atoms with Crippen LogP contribution in [0.15, 0.2) is 60.9 Å². The molecule has 2 rings (SSSR count). The van der Waals surface area contributed by atoms with Crippen molar-refractivity contribution in [3.63, 3.8) is 0 Å². The van der Waals surface area contributed by atoms with Gasteiger partial charge in [-0.2, -0.15) is 0 Å². The number of aliphatic carboxylic acids is 1. The van der Waals surface area contributed by atoms with Gasteiger partial charge in [0.05, 0.1) is 25.7 Å². The summed E-state index contributed by atoms with van der Waals surface area (Å²) in [6, 6.07) is 14.1. The molecule has 41 heavy (non-hydrogen) atoms. The number of ether oxygens (including phenoxy) is 2. The van der Waals surface area contributed by atoms with Crippen molar-refractivity contribution >= 4 is 31.8 Å². The summed E-state index contributed by atoms with van der Waals surface area (Å²) in [5, 5.41) is 12.5. The maximum absolute atomic E-state index is 13.0. The standard InChI is InChI=1S/C31H42NO8P/c1-7-23-15-16-25(17-18-41(36,38-8-2)39-9-3)28(20-23)37-22-27(32-30(35)40-31(4,5)6)26(21-29(33)34)19-24-13-11-10-12-14-24/h7,10-18,20,26-27H,1,8-9,19,21-22H2,2-6H3,(H,32,35)(H,33,34)/b18-17+/t26?,27-/m1/s1. The van der Waals surface area contributed by atoms with Crippen molar-refractivity contribution in [3.8, 4) is 5.75 Å². The number of carbonyl (C=O) groups excluding carboxylic acids is 1. The first kappa shape index (κ1) is 33.8. The van der Waals surface area contributed by atoms with Crippen molar-refractivity contribution in [2.75, 3.05) is 19.8 Å². The molecule has 0 aliphatic carbocycles. The van der Waals surface area contributed by atoms with Crippen LogP contribution in [0.2, 0.25) is 0 Å². The molecule has 0 saturated carbocycles. The molecule has 2 aromatic carbocycles. The van der Waals surface area contributed by atoms with E-state index in [9.17, 15) is 19.3 Å². The Hall–Kier alpha value is -3.39. The van der Waals surface area contributed by atoms with E-state index >= 15 is 0 Å². The predicted molar refractivity (Wildman–Crippen MR) is 161 cm³/mol. The minimum absolute atomic E-state index is 0.0555. The second-order valence-electron chi connectivity index (χ2n) is 10.3. The monoisotopic (exact) mass is 587 g/mol. The summed E-state index contributed by atoms with van der Waals surface area (Å²) in [6.45, 7) is 12.9. The van der Waals surface area contributed by atoms with Gasteiger partial charge in [0.15, 0.2) is 0 Å². The molecule has 1 amide bonds. The zero-order valence-electron chi connectivity index (χ0n) is 24.5. The van der Waals surface area contributed by atoms with Crippen LogP contribution >= 0.6 is 7.60 Å². The van der Waals surface area contributed by atoms with Crippen LogP contribution in [0.25, 0.3) is 12.2 Å². The molecule has 10 heteroatoms. The summed E-state index contributed by atoms with van der Waals surface area (Å²) in [5.74, 6) is 0.291. The maximum Gasteiger partial charge on any atom is 0.408 e. The molecule has 0 fully saturated rings. The summed E-state index contributed by atoms with van der Waals surface area (Å²) < 4.78 is 35.4. The summed E-state index contributed by atoms with van der Waals surface area (Å²) in [5.41, 5.74) is 1.54. The molecular formula is C31H42NO8P. The Morgan fingerprint density at radius 3 is 2.29 bits per heavy atom. The zero-order valence-corrected chi connectivity index (χ0v) is 25.4. The van der Waals surface area contributed by atoms with Crippen molar-refractivity contribution in [2.24, 2.45) is 5.92 Å². The first-order valence-corrected chi connectivity index (χ1v) is 15.2. The molecule has 0 heterocycles. The van der Waals surface area contributed by atoms with E-state index in [1.165, 1.54) is 5.82 Å². The summed E-state index contributed by atoms with van der Waals surface area (Å²) in [6.07, 6.45) is 2.77. The van der Waals surface area contributed by atoms with E-state index < -0.39 is 37.2 Å². The molecule has 0 radical (unpaired) electrons. The first-order valence-electron chi connectivity index (χ1n) is 13.6. The number of carboxylic acids is 1. The molecule has 9 nitrogen and oxygen atoms in total. The van der Waals surface area contributed by atoms with Crippen LogP contribution in [0.5, 0.6) is 5.75 Å². The van der Waals surface area contributed by atoms with Crippen LogP contribution in [-0.4, -0.2) is 48.6 Å². The predicted octanol–water partition coefficient (Wildman–Crippen LogP) is 7.17. The summed E-state index contributed by atoms with van der Waals surface area (Å²) in [4.78, 5) is 24.7. The zero-order chi connectivity index (χ0) is 30.5. The van der Waals surface area contributed by atoms with Crippen LogP contribution in [0.3, 0.4) is 0 Å². The molecule has 0 aliphatic rings. The van der Waals surface area contributed by atoms with Gasteiger partial charge in [0.1, 0.15) is 18.0 Å². The number of nitrogens with one attached hydrogen (secondary N) is 1. The van der Waals surface area contributed by atoms with Crippen LogP contribution in [0.1, 0.15) is 57.7 Å². The lowest BCUT2D eigenvalue weighted by Crippen LogP contribution is -2.47. The lowest BCUT2D eigenvalue weighted by atomic mass is 9.89. The first-order chi connectivity index (χ1) is 19.4. The highest BCUT2D eigenvalue weighted by molar-refractivity contribution is 7.57. The fraction of sp³-hybridized carbons (Fsp3) is 0.419. The molecule has 2 aromatic rings. The SMILES string of the molecule is C=Cc1ccc(/C=C/P(=O)(OCC)OCC)c(OC[C@@H](NC(=O)OC(C)(C)C)C(CC(=O)O)Cc2ccccc2)c1. The third-order valence-corrected chi connectivity index (χ3v) is 7.55. The minimum atomic E-state index is -3.47. The van der Waals surface area contributed by atoms with Gasteiger partial charge in [0.2, 0.25) is 0 Å². The highest BCUT2D eigenvalue weighted by Crippen LogP contribution is 2.50. The minimum Gasteiger partial charge on any atom is -0.491 e. The van der Waals surface area contributed by atoms with Crippen molar-refractivity contribution in [1.29, 1.82) is 0 Å². The molecule has 0 aromatic heterocycles. The smallest absolute Gasteiger partial charge is 0.408 e. The Balaban J connectivity index is 2.43. The second kappa shape index (κ2) is 16.2. The molecule has 0 aliphatic heterocycles. The Kier molecular flexibility index (Phi) is 13.3. The molecule has 2 atom stereocenters. The fourth-order valence-corrected chi connectivity index (χ4v) is 5.34. The number of hydrogen-bond donors (Lipinski definition) is 2. The van der Waals surface area contributed by atoms with Gasteiger partial charge in [0.25, 0.3) is 0 Å². The van der Waals surface area contributed by atoms with Crippen LogP contribution in [0.4, 0.5) is 4.79 Å². The molecule has 0 spiro atoms. The van der Waals surface area contributed by atoms with Gasteiger partial charge in [-0.05, 0) is 70.2 Å². The van der Waals surface area contributed by atoms with E-state index in [1.54, 1.807) is 58.9 Å². The van der Waals surface area contributed by atoms with Crippen molar-refractivity contribution < 1.29 is 37.8 Å². The third-order valence-electron chi connectivity index (χ3n) is 5.80. The third kappa shape index (κ3) is 12.3. The van der Waals surface area contributed by atoms with Crippen molar-refractivity contribution in [1.82, 2.24) is 5.32 Å². The number of hydrogen-bond acceptors (Lipinski definition) is 7. The molecule has 2 N–H and O–H groups in total. The van der Waals surface area contributed by atoms with E-state index in [0.29, 0.717) is 17.7 Å². The van der Waals surface area contributed by atoms with Gasteiger partial charge in [-0.15, -0.1) is 0 Å². The number of alkyl carbamates (subject to hydrolysis) is 1. The largest absolute Gasteiger partial charge is 0.491 e. The average Bonchev–Trinajstić information content (AvgIpc) is 2.89. The number of benzene rings is 2. The van der Waals surface area contributed by atoms with E-state index in [-0.39, 0.29) is 26.2 Å². The fourth-order valence-electron chi connectivity index (χ4n) is 4.03. The van der Waals surface area contributed by atoms with E-state index in [1.807, 2.05) is 36.4 Å². The lowest BCUT2D eigenvalue weighted by molar-refractivity contribution is -0.138. The molecule has 224 valence electrons. The Morgan fingerprint density at radius 1 is 1.07 bits per heavy atom. The van der Waals surface area contributed by atoms with Gasteiger partial charge in [0, 0.05) is 11.4 Å². The van der Waals surface area contributed by atoms with Crippen LogP contribution < -0.4 is 10.1 Å². The van der Waals surface area contributed by atoms with Gasteiger partial charge in [-0.25, -0.2) is 4.79 Å². The van der Waals surface area contributed by atoms with Crippen molar-refractivity contribution in [3.05, 3.63) is 77.6 Å². The van der Waals surface area contributed by atoms with E-state index in [4.69, 9.17) is 18.5 Å². The molecule has 0 saturated heterocycles. The summed E-state index contributed by atoms with van der Waals surface area (Å²) in [7, 11) is -3.47. The van der Waals surface area contributed by atoms with Crippen LogP contribution in [-0.2, 0) is 29.6 Å². The Morgan fingerprint density at radius 2 is 1.73 bits per heavy atom. The number of carbonyl (C=O) groups is 2. The van der Waals surface area contributed by atoms with Crippen LogP contribution in [0, 0.1) is 5.92 Å². The molecule has 0 bridgehead atoms. The highest BCUT2D eigenvalue weighted by Gasteiger charge is 2.29. The second-order valence-corrected chi connectivity index (χ2v) is 12.2.